The van der Waals surface area contributed by atoms with Crippen LogP contribution in [0, 0.1) is 0 Å². The Balaban J connectivity index is 1.19. The molecule has 1 amide bonds. The van der Waals surface area contributed by atoms with E-state index in [1.807, 2.05) is 42.5 Å². The van der Waals surface area contributed by atoms with E-state index in [9.17, 15) is 14.4 Å². The molecule has 3 aromatic carbocycles. The van der Waals surface area contributed by atoms with Crippen molar-refractivity contribution in [1.29, 1.82) is 0 Å². The number of aryl methyl sites for hydroxylation is 2. The Bertz CT molecular complexity index is 1330. The molecule has 3 aromatic rings. The molecule has 8 heteroatoms. The van der Waals surface area contributed by atoms with Crippen LogP contribution in [-0.4, -0.2) is 23.9 Å². The maximum absolute atomic E-state index is 13.2. The van der Waals surface area contributed by atoms with Gasteiger partial charge in [0.2, 0.25) is 0 Å². The highest BCUT2D eigenvalue weighted by molar-refractivity contribution is 5.96. The molecule has 208 valence electrons. The molecule has 3 N–H and O–H groups in total. The van der Waals surface area contributed by atoms with Crippen LogP contribution in [0.4, 0.5) is 0 Å². The maximum Gasteiger partial charge on any atom is 0.347 e. The Kier molecular flexibility index (Phi) is 9.21. The molecule has 0 unspecified atom stereocenters. The second-order valence-corrected chi connectivity index (χ2v) is 10.3. The molecule has 0 spiro atoms. The SMILES string of the molecule is O=C(CC[C@H](NC(=O)c1ccccc1)C(=O)ON[C@@H]1CCCc2ccccc21)ON[C@@H]1CCCc2ccccc21. The van der Waals surface area contributed by atoms with E-state index in [2.05, 4.69) is 28.4 Å². The Hall–Kier alpha value is -4.01. The Morgan fingerprint density at radius 2 is 1.27 bits per heavy atom. The van der Waals surface area contributed by atoms with Crippen LogP contribution in [-0.2, 0) is 32.1 Å². The number of hydroxylamine groups is 2. The van der Waals surface area contributed by atoms with Crippen LogP contribution >= 0.6 is 0 Å². The Morgan fingerprint density at radius 1 is 0.725 bits per heavy atom. The summed E-state index contributed by atoms with van der Waals surface area (Å²) in [5.74, 6) is -1.59. The predicted octanol–water partition coefficient (Wildman–Crippen LogP) is 4.82. The number of fused-ring (bicyclic) bond motifs is 2. The van der Waals surface area contributed by atoms with E-state index in [4.69, 9.17) is 9.68 Å². The summed E-state index contributed by atoms with van der Waals surface area (Å²) in [5.41, 5.74) is 10.9. The molecule has 2 aliphatic rings. The third-order valence-corrected chi connectivity index (χ3v) is 7.62. The Labute approximate surface area is 234 Å². The molecular formula is C32H35N3O5. The molecule has 0 radical (unpaired) electrons. The minimum atomic E-state index is -1.04. The van der Waals surface area contributed by atoms with Crippen LogP contribution in [0.1, 0.15) is 83.2 Å². The van der Waals surface area contributed by atoms with Crippen molar-refractivity contribution in [2.24, 2.45) is 0 Å². The average molecular weight is 542 g/mol. The summed E-state index contributed by atoms with van der Waals surface area (Å²) in [4.78, 5) is 49.5. The Morgan fingerprint density at radius 3 is 1.90 bits per heavy atom. The van der Waals surface area contributed by atoms with Gasteiger partial charge in [0.25, 0.3) is 5.91 Å². The quantitative estimate of drug-likeness (QED) is 0.316. The summed E-state index contributed by atoms with van der Waals surface area (Å²) in [6, 6.07) is 23.6. The van der Waals surface area contributed by atoms with Gasteiger partial charge in [-0.05, 0) is 79.3 Å². The first-order valence-electron chi connectivity index (χ1n) is 14.0. The predicted molar refractivity (Wildman–Crippen MR) is 150 cm³/mol. The molecular weight excluding hydrogens is 506 g/mol. The smallest absolute Gasteiger partial charge is 0.347 e. The fraction of sp³-hybridized carbons (Fsp3) is 0.344. The van der Waals surface area contributed by atoms with E-state index in [1.54, 1.807) is 24.3 Å². The highest BCUT2D eigenvalue weighted by Gasteiger charge is 2.28. The first kappa shape index (κ1) is 27.6. The highest BCUT2D eigenvalue weighted by Crippen LogP contribution is 2.30. The topological polar surface area (TPSA) is 106 Å². The standard InChI is InChI=1S/C32H35N3O5/c36-30(39-34-27-18-8-14-22-10-4-6-16-25(22)27)21-20-29(33-31(37)24-12-2-1-3-13-24)32(38)40-35-28-19-9-15-23-11-5-7-17-26(23)28/h1-7,10-13,16-17,27-29,34-35H,8-9,14-15,18-21H2,(H,33,37)/t27-,28-,29+/m1/s1. The molecule has 2 aliphatic carbocycles. The normalized spacial score (nSPS) is 18.5. The van der Waals surface area contributed by atoms with Gasteiger partial charge in [0.05, 0.1) is 12.1 Å². The van der Waals surface area contributed by atoms with Gasteiger partial charge in [-0.1, -0.05) is 66.7 Å². The van der Waals surface area contributed by atoms with Crippen molar-refractivity contribution in [1.82, 2.24) is 16.3 Å². The molecule has 8 nitrogen and oxygen atoms in total. The van der Waals surface area contributed by atoms with Crippen molar-refractivity contribution < 1.29 is 24.1 Å². The van der Waals surface area contributed by atoms with Gasteiger partial charge in [0, 0.05) is 12.0 Å². The monoisotopic (exact) mass is 541 g/mol. The van der Waals surface area contributed by atoms with Crippen molar-refractivity contribution in [2.75, 3.05) is 0 Å². The largest absolute Gasteiger partial charge is 0.370 e. The lowest BCUT2D eigenvalue weighted by atomic mass is 9.88. The zero-order chi connectivity index (χ0) is 27.7. The zero-order valence-electron chi connectivity index (χ0n) is 22.4. The van der Waals surface area contributed by atoms with Gasteiger partial charge in [-0.25, -0.2) is 4.79 Å². The minimum Gasteiger partial charge on any atom is -0.370 e. The van der Waals surface area contributed by atoms with Gasteiger partial charge in [0.1, 0.15) is 6.04 Å². The van der Waals surface area contributed by atoms with Crippen LogP contribution < -0.4 is 16.3 Å². The number of rotatable bonds is 10. The molecule has 0 bridgehead atoms. The van der Waals surface area contributed by atoms with Crippen LogP contribution in [0.25, 0.3) is 0 Å². The second-order valence-electron chi connectivity index (χ2n) is 10.3. The number of carbonyl (C=O) groups excluding carboxylic acids is 3. The third-order valence-electron chi connectivity index (χ3n) is 7.62. The number of carbonyl (C=O) groups is 3. The molecule has 3 atom stereocenters. The summed E-state index contributed by atoms with van der Waals surface area (Å²) in [6.45, 7) is 0. The van der Waals surface area contributed by atoms with Gasteiger partial charge in [-0.15, -0.1) is 11.0 Å². The van der Waals surface area contributed by atoms with Crippen LogP contribution in [0.3, 0.4) is 0 Å². The molecule has 0 aromatic heterocycles. The second kappa shape index (κ2) is 13.4. The van der Waals surface area contributed by atoms with Gasteiger partial charge < -0.3 is 15.0 Å². The third kappa shape index (κ3) is 6.94. The molecule has 0 saturated carbocycles. The lowest BCUT2D eigenvalue weighted by Gasteiger charge is -2.26. The average Bonchev–Trinajstić information content (AvgIpc) is 3.01. The van der Waals surface area contributed by atoms with Crippen LogP contribution in [0.5, 0.6) is 0 Å². The van der Waals surface area contributed by atoms with Crippen LogP contribution in [0.2, 0.25) is 0 Å². The van der Waals surface area contributed by atoms with Gasteiger partial charge >= 0.3 is 11.9 Å². The number of hydrogen-bond acceptors (Lipinski definition) is 7. The molecule has 40 heavy (non-hydrogen) atoms. The van der Waals surface area contributed by atoms with Crippen molar-refractivity contribution in [3.8, 4) is 0 Å². The van der Waals surface area contributed by atoms with E-state index in [-0.39, 0.29) is 24.9 Å². The number of amides is 1. The fourth-order valence-corrected chi connectivity index (χ4v) is 5.48. The molecule has 0 saturated heterocycles. The molecule has 0 heterocycles. The first-order chi connectivity index (χ1) is 19.6. The van der Waals surface area contributed by atoms with Gasteiger partial charge in [-0.3, -0.25) is 9.59 Å². The lowest BCUT2D eigenvalue weighted by Crippen LogP contribution is -2.44. The fourth-order valence-electron chi connectivity index (χ4n) is 5.48. The molecule has 0 aliphatic heterocycles. The van der Waals surface area contributed by atoms with Crippen molar-refractivity contribution >= 4 is 17.8 Å². The van der Waals surface area contributed by atoms with Crippen LogP contribution in [0.15, 0.2) is 78.9 Å². The number of benzene rings is 3. The van der Waals surface area contributed by atoms with Gasteiger partial charge in [-0.2, -0.15) is 0 Å². The molecule has 5 rings (SSSR count). The minimum absolute atomic E-state index is 0.0299. The lowest BCUT2D eigenvalue weighted by molar-refractivity contribution is -0.157. The van der Waals surface area contributed by atoms with E-state index in [1.165, 1.54) is 11.1 Å². The summed E-state index contributed by atoms with van der Waals surface area (Å²) >= 11 is 0. The summed E-state index contributed by atoms with van der Waals surface area (Å²) in [7, 11) is 0. The van der Waals surface area contributed by atoms with Gasteiger partial charge in [0.15, 0.2) is 0 Å². The zero-order valence-corrected chi connectivity index (χ0v) is 22.4. The van der Waals surface area contributed by atoms with Crippen molar-refractivity contribution in [3.05, 3.63) is 107 Å². The van der Waals surface area contributed by atoms with E-state index in [0.717, 1.165) is 49.7 Å². The van der Waals surface area contributed by atoms with E-state index < -0.39 is 23.9 Å². The summed E-state index contributed by atoms with van der Waals surface area (Å²) in [5, 5.41) is 2.73. The number of hydrogen-bond donors (Lipinski definition) is 3. The highest BCUT2D eigenvalue weighted by atomic mass is 16.7. The maximum atomic E-state index is 13.2. The van der Waals surface area contributed by atoms with Crippen molar-refractivity contribution in [2.45, 2.75) is 69.5 Å². The van der Waals surface area contributed by atoms with Crippen molar-refractivity contribution in [3.63, 3.8) is 0 Å². The summed E-state index contributed by atoms with van der Waals surface area (Å²) in [6.07, 6.45) is 5.61. The van der Waals surface area contributed by atoms with E-state index >= 15 is 0 Å². The van der Waals surface area contributed by atoms with E-state index in [0.29, 0.717) is 5.56 Å². The summed E-state index contributed by atoms with van der Waals surface area (Å²) < 4.78 is 0. The number of nitrogens with one attached hydrogen (secondary N) is 3. The first-order valence-corrected chi connectivity index (χ1v) is 14.0. The molecule has 0 fully saturated rings.